The molecule has 2 N–H and O–H groups in total. The van der Waals surface area contributed by atoms with Gasteiger partial charge in [0.1, 0.15) is 5.82 Å². The van der Waals surface area contributed by atoms with Crippen LogP contribution in [0.4, 0.5) is 0 Å². The number of imidazole rings is 1. The van der Waals surface area contributed by atoms with Gasteiger partial charge in [0.2, 0.25) is 0 Å². The summed E-state index contributed by atoms with van der Waals surface area (Å²) >= 11 is 1.97. The zero-order chi connectivity index (χ0) is 14.2. The summed E-state index contributed by atoms with van der Waals surface area (Å²) in [6.45, 7) is 4.00. The van der Waals surface area contributed by atoms with E-state index in [0.29, 0.717) is 0 Å². The SMILES string of the molecule is CC(C)(N)c1ncc2c(SCC3CCCC3)cccn12. The predicted molar refractivity (Wildman–Crippen MR) is 85.1 cm³/mol. The van der Waals surface area contributed by atoms with Gasteiger partial charge < -0.3 is 10.1 Å². The summed E-state index contributed by atoms with van der Waals surface area (Å²) in [5.74, 6) is 3.05. The van der Waals surface area contributed by atoms with Crippen LogP contribution in [0.1, 0.15) is 45.4 Å². The van der Waals surface area contributed by atoms with Crippen molar-refractivity contribution >= 4 is 17.3 Å². The number of pyridine rings is 1. The minimum Gasteiger partial charge on any atom is -0.319 e. The first kappa shape index (κ1) is 14.0. The van der Waals surface area contributed by atoms with E-state index in [1.54, 1.807) is 0 Å². The molecule has 2 aromatic rings. The highest BCUT2D eigenvalue weighted by Gasteiger charge is 2.21. The Morgan fingerprint density at radius 3 is 2.85 bits per heavy atom. The van der Waals surface area contributed by atoms with Crippen molar-refractivity contribution in [2.24, 2.45) is 11.7 Å². The fourth-order valence-electron chi connectivity index (χ4n) is 2.98. The first-order chi connectivity index (χ1) is 9.55. The number of rotatable bonds is 4. The van der Waals surface area contributed by atoms with E-state index in [-0.39, 0.29) is 0 Å². The second-order valence-electron chi connectivity index (χ2n) is 6.39. The molecule has 0 aromatic carbocycles. The summed E-state index contributed by atoms with van der Waals surface area (Å²) in [6.07, 6.45) is 9.64. The third-order valence-electron chi connectivity index (χ3n) is 4.06. The standard InChI is InChI=1S/C16H23N3S/c1-16(2,17)15-18-10-13-14(8-5-9-19(13)15)20-11-12-6-3-4-7-12/h5,8-10,12H,3-4,6-7,11,17H2,1-2H3. The minimum atomic E-state index is -0.416. The fraction of sp³-hybridized carbons (Fsp3) is 0.562. The van der Waals surface area contributed by atoms with Crippen LogP contribution in [0.15, 0.2) is 29.4 Å². The summed E-state index contributed by atoms with van der Waals surface area (Å²) in [5, 5.41) is 0. The quantitative estimate of drug-likeness (QED) is 0.870. The zero-order valence-electron chi connectivity index (χ0n) is 12.3. The molecule has 4 heteroatoms. The van der Waals surface area contributed by atoms with Crippen molar-refractivity contribution in [2.45, 2.75) is 50.0 Å². The molecule has 0 spiro atoms. The Bertz CT molecular complexity index is 591. The molecule has 1 aliphatic carbocycles. The van der Waals surface area contributed by atoms with Gasteiger partial charge >= 0.3 is 0 Å². The Hall–Kier alpha value is -1.00. The van der Waals surface area contributed by atoms with E-state index in [0.717, 1.165) is 11.7 Å². The van der Waals surface area contributed by atoms with Crippen molar-refractivity contribution in [3.8, 4) is 0 Å². The van der Waals surface area contributed by atoms with Crippen LogP contribution in [-0.2, 0) is 5.54 Å². The van der Waals surface area contributed by atoms with Crippen LogP contribution in [0.3, 0.4) is 0 Å². The molecule has 0 aliphatic heterocycles. The summed E-state index contributed by atoms with van der Waals surface area (Å²) in [5.41, 5.74) is 6.97. The predicted octanol–water partition coefficient (Wildman–Crippen LogP) is 3.81. The summed E-state index contributed by atoms with van der Waals surface area (Å²) in [4.78, 5) is 5.85. The molecule has 0 radical (unpaired) electrons. The van der Waals surface area contributed by atoms with Gasteiger partial charge in [0.15, 0.2) is 0 Å². The molecular weight excluding hydrogens is 266 g/mol. The number of thioether (sulfide) groups is 1. The molecule has 0 saturated heterocycles. The van der Waals surface area contributed by atoms with Crippen molar-refractivity contribution in [1.29, 1.82) is 0 Å². The van der Waals surface area contributed by atoms with E-state index in [9.17, 15) is 0 Å². The first-order valence-electron chi connectivity index (χ1n) is 7.44. The lowest BCUT2D eigenvalue weighted by molar-refractivity contribution is 0.511. The topological polar surface area (TPSA) is 43.3 Å². The van der Waals surface area contributed by atoms with E-state index >= 15 is 0 Å². The summed E-state index contributed by atoms with van der Waals surface area (Å²) in [7, 11) is 0. The van der Waals surface area contributed by atoms with Crippen LogP contribution < -0.4 is 5.73 Å². The molecule has 2 aromatic heterocycles. The number of fused-ring (bicyclic) bond motifs is 1. The molecule has 3 rings (SSSR count). The van der Waals surface area contributed by atoms with Gasteiger partial charge in [-0.25, -0.2) is 4.98 Å². The third kappa shape index (κ3) is 2.72. The van der Waals surface area contributed by atoms with E-state index in [1.807, 2.05) is 31.8 Å². The van der Waals surface area contributed by atoms with Gasteiger partial charge in [0, 0.05) is 16.8 Å². The van der Waals surface area contributed by atoms with Crippen molar-refractivity contribution in [3.05, 3.63) is 30.4 Å². The highest BCUT2D eigenvalue weighted by molar-refractivity contribution is 7.99. The maximum absolute atomic E-state index is 6.20. The minimum absolute atomic E-state index is 0.416. The Balaban J connectivity index is 1.86. The third-order valence-corrected chi connectivity index (χ3v) is 5.35. The maximum Gasteiger partial charge on any atom is 0.132 e. The lowest BCUT2D eigenvalue weighted by Crippen LogP contribution is -2.31. The lowest BCUT2D eigenvalue weighted by atomic mass is 10.1. The molecule has 3 nitrogen and oxygen atoms in total. The van der Waals surface area contributed by atoms with E-state index in [2.05, 4.69) is 27.7 Å². The molecule has 1 saturated carbocycles. The van der Waals surface area contributed by atoms with Crippen LogP contribution in [0.25, 0.3) is 5.52 Å². The maximum atomic E-state index is 6.20. The zero-order valence-corrected chi connectivity index (χ0v) is 13.1. The van der Waals surface area contributed by atoms with Crippen molar-refractivity contribution < 1.29 is 0 Å². The number of aromatic nitrogens is 2. The van der Waals surface area contributed by atoms with Crippen LogP contribution in [0.5, 0.6) is 0 Å². The van der Waals surface area contributed by atoms with Crippen molar-refractivity contribution in [1.82, 2.24) is 9.38 Å². The number of hydrogen-bond donors (Lipinski definition) is 1. The van der Waals surface area contributed by atoms with Gasteiger partial charge in [-0.1, -0.05) is 12.8 Å². The lowest BCUT2D eigenvalue weighted by Gasteiger charge is -2.17. The van der Waals surface area contributed by atoms with Crippen LogP contribution in [-0.4, -0.2) is 15.1 Å². The van der Waals surface area contributed by atoms with Crippen molar-refractivity contribution in [2.75, 3.05) is 5.75 Å². The van der Waals surface area contributed by atoms with Gasteiger partial charge in [0.05, 0.1) is 17.3 Å². The van der Waals surface area contributed by atoms with Crippen LogP contribution in [0, 0.1) is 5.92 Å². The van der Waals surface area contributed by atoms with Crippen molar-refractivity contribution in [3.63, 3.8) is 0 Å². The Morgan fingerprint density at radius 2 is 2.15 bits per heavy atom. The molecule has 2 heterocycles. The van der Waals surface area contributed by atoms with Gasteiger partial charge in [-0.2, -0.15) is 0 Å². The average Bonchev–Trinajstić information content (AvgIpc) is 3.04. The average molecular weight is 289 g/mol. The Labute approximate surface area is 125 Å². The molecular formula is C16H23N3S. The molecule has 20 heavy (non-hydrogen) atoms. The Morgan fingerprint density at radius 1 is 1.40 bits per heavy atom. The van der Waals surface area contributed by atoms with E-state index < -0.39 is 5.54 Å². The molecule has 0 atom stereocenters. The summed E-state index contributed by atoms with van der Waals surface area (Å²) < 4.78 is 2.14. The molecule has 108 valence electrons. The molecule has 1 aliphatic rings. The second kappa shape index (κ2) is 5.41. The number of nitrogens with two attached hydrogens (primary N) is 1. The molecule has 0 unspecified atom stereocenters. The fourth-order valence-corrected chi connectivity index (χ4v) is 4.20. The van der Waals surface area contributed by atoms with Gasteiger partial charge in [0.25, 0.3) is 0 Å². The van der Waals surface area contributed by atoms with Gasteiger partial charge in [-0.15, -0.1) is 11.8 Å². The highest BCUT2D eigenvalue weighted by Crippen LogP contribution is 2.33. The van der Waals surface area contributed by atoms with Crippen LogP contribution in [0.2, 0.25) is 0 Å². The highest BCUT2D eigenvalue weighted by atomic mass is 32.2. The van der Waals surface area contributed by atoms with Gasteiger partial charge in [-0.3, -0.25) is 0 Å². The van der Waals surface area contributed by atoms with Gasteiger partial charge in [-0.05, 0) is 44.7 Å². The van der Waals surface area contributed by atoms with E-state index in [1.165, 1.54) is 41.8 Å². The molecule has 0 bridgehead atoms. The Kier molecular flexibility index (Phi) is 3.78. The van der Waals surface area contributed by atoms with Crippen LogP contribution >= 0.6 is 11.8 Å². The number of hydrogen-bond acceptors (Lipinski definition) is 3. The molecule has 0 amide bonds. The normalized spacial score (nSPS) is 17.1. The number of nitrogens with zero attached hydrogens (tertiary/aromatic N) is 2. The second-order valence-corrected chi connectivity index (χ2v) is 7.45. The van der Waals surface area contributed by atoms with E-state index in [4.69, 9.17) is 5.73 Å². The molecule has 1 fully saturated rings. The monoisotopic (exact) mass is 289 g/mol. The largest absolute Gasteiger partial charge is 0.319 e. The first-order valence-corrected chi connectivity index (χ1v) is 8.42. The summed E-state index contributed by atoms with van der Waals surface area (Å²) in [6, 6.07) is 4.30. The smallest absolute Gasteiger partial charge is 0.132 e.